The van der Waals surface area contributed by atoms with Gasteiger partial charge in [-0.15, -0.1) is 0 Å². The molecule has 3 nitrogen and oxygen atoms in total. The van der Waals surface area contributed by atoms with Crippen LogP contribution in [0.3, 0.4) is 0 Å². The molecule has 90 valence electrons. The van der Waals surface area contributed by atoms with Crippen LogP contribution in [0.2, 0.25) is 0 Å². The van der Waals surface area contributed by atoms with Crippen LogP contribution < -0.4 is 0 Å². The molecule has 15 heavy (non-hydrogen) atoms. The van der Waals surface area contributed by atoms with Gasteiger partial charge >= 0.3 is 5.97 Å². The summed E-state index contributed by atoms with van der Waals surface area (Å²) in [7, 11) is 0. The fraction of sp³-hybridized carbons (Fsp3) is 0.917. The predicted molar refractivity (Wildman–Crippen MR) is 62.9 cm³/mol. The van der Waals surface area contributed by atoms with Crippen LogP contribution in [0.4, 0.5) is 0 Å². The molecule has 0 atom stereocenters. The van der Waals surface area contributed by atoms with Crippen molar-refractivity contribution < 1.29 is 9.53 Å². The SMILES string of the molecule is CCCCOC(=O)CN(CCC)CCC. The highest BCUT2D eigenvalue weighted by atomic mass is 16.5. The first-order chi connectivity index (χ1) is 7.24. The first-order valence-electron chi connectivity index (χ1n) is 6.12. The zero-order valence-corrected chi connectivity index (χ0v) is 10.4. The van der Waals surface area contributed by atoms with Crippen LogP contribution in [0.15, 0.2) is 0 Å². The molecule has 0 amide bonds. The van der Waals surface area contributed by atoms with Gasteiger partial charge in [-0.05, 0) is 32.4 Å². The smallest absolute Gasteiger partial charge is 0.320 e. The lowest BCUT2D eigenvalue weighted by atomic mass is 10.3. The summed E-state index contributed by atoms with van der Waals surface area (Å²) in [4.78, 5) is 13.6. The summed E-state index contributed by atoms with van der Waals surface area (Å²) in [6.07, 6.45) is 4.21. The second kappa shape index (κ2) is 9.97. The largest absolute Gasteiger partial charge is 0.465 e. The van der Waals surface area contributed by atoms with Gasteiger partial charge in [-0.1, -0.05) is 27.2 Å². The molecular weight excluding hydrogens is 190 g/mol. The van der Waals surface area contributed by atoms with E-state index >= 15 is 0 Å². The lowest BCUT2D eigenvalue weighted by Crippen LogP contribution is -2.32. The number of rotatable bonds is 9. The zero-order chi connectivity index (χ0) is 11.5. The average Bonchev–Trinajstić information content (AvgIpc) is 2.19. The van der Waals surface area contributed by atoms with Crippen molar-refractivity contribution in [2.45, 2.75) is 46.5 Å². The number of carbonyl (C=O) groups excluding carboxylic acids is 1. The quantitative estimate of drug-likeness (QED) is 0.437. The Morgan fingerprint density at radius 1 is 1.07 bits per heavy atom. The molecule has 0 fully saturated rings. The molecule has 0 unspecified atom stereocenters. The number of ether oxygens (including phenoxy) is 1. The van der Waals surface area contributed by atoms with Gasteiger partial charge in [0.15, 0.2) is 0 Å². The number of carbonyl (C=O) groups is 1. The molecule has 0 aromatic heterocycles. The average molecular weight is 215 g/mol. The van der Waals surface area contributed by atoms with Crippen LogP contribution in [0, 0.1) is 0 Å². The number of nitrogens with zero attached hydrogens (tertiary/aromatic N) is 1. The third kappa shape index (κ3) is 8.43. The van der Waals surface area contributed by atoms with E-state index in [-0.39, 0.29) is 5.97 Å². The van der Waals surface area contributed by atoms with Crippen molar-refractivity contribution in [1.29, 1.82) is 0 Å². The summed E-state index contributed by atoms with van der Waals surface area (Å²) < 4.78 is 5.12. The molecule has 0 rings (SSSR count). The predicted octanol–water partition coefficient (Wildman–Crippen LogP) is 2.45. The van der Waals surface area contributed by atoms with E-state index in [4.69, 9.17) is 4.74 Å². The molecule has 0 bridgehead atoms. The fourth-order valence-corrected chi connectivity index (χ4v) is 1.46. The Morgan fingerprint density at radius 2 is 1.67 bits per heavy atom. The molecule has 0 saturated carbocycles. The maximum atomic E-state index is 11.4. The van der Waals surface area contributed by atoms with Crippen molar-refractivity contribution in [3.8, 4) is 0 Å². The van der Waals surface area contributed by atoms with Crippen LogP contribution >= 0.6 is 0 Å². The van der Waals surface area contributed by atoms with Crippen molar-refractivity contribution in [3.05, 3.63) is 0 Å². The highest BCUT2D eigenvalue weighted by Crippen LogP contribution is 1.96. The third-order valence-corrected chi connectivity index (χ3v) is 2.19. The molecule has 0 N–H and O–H groups in total. The lowest BCUT2D eigenvalue weighted by molar-refractivity contribution is -0.145. The highest BCUT2D eigenvalue weighted by molar-refractivity contribution is 5.71. The van der Waals surface area contributed by atoms with Crippen LogP contribution in [0.5, 0.6) is 0 Å². The Hall–Kier alpha value is -0.570. The Balaban J connectivity index is 3.67. The molecule has 0 radical (unpaired) electrons. The number of hydrogen-bond acceptors (Lipinski definition) is 3. The summed E-state index contributed by atoms with van der Waals surface area (Å²) in [6.45, 7) is 9.34. The molecule has 0 heterocycles. The van der Waals surface area contributed by atoms with Crippen molar-refractivity contribution in [2.24, 2.45) is 0 Å². The Bertz CT molecular complexity index is 154. The molecule has 0 aliphatic heterocycles. The van der Waals surface area contributed by atoms with Gasteiger partial charge in [0.05, 0.1) is 13.2 Å². The van der Waals surface area contributed by atoms with Crippen LogP contribution in [-0.4, -0.2) is 37.1 Å². The Labute approximate surface area is 93.8 Å². The minimum Gasteiger partial charge on any atom is -0.465 e. The van der Waals surface area contributed by atoms with E-state index in [0.717, 1.165) is 38.8 Å². The topological polar surface area (TPSA) is 29.5 Å². The van der Waals surface area contributed by atoms with Gasteiger partial charge in [-0.3, -0.25) is 9.69 Å². The first kappa shape index (κ1) is 14.4. The van der Waals surface area contributed by atoms with Crippen molar-refractivity contribution in [2.75, 3.05) is 26.2 Å². The van der Waals surface area contributed by atoms with Gasteiger partial charge in [0.1, 0.15) is 0 Å². The number of hydrogen-bond donors (Lipinski definition) is 0. The van der Waals surface area contributed by atoms with Crippen LogP contribution in [-0.2, 0) is 9.53 Å². The van der Waals surface area contributed by atoms with Crippen molar-refractivity contribution in [1.82, 2.24) is 4.90 Å². The molecule has 0 aromatic carbocycles. The molecule has 0 aliphatic rings. The van der Waals surface area contributed by atoms with E-state index in [0.29, 0.717) is 13.2 Å². The third-order valence-electron chi connectivity index (χ3n) is 2.19. The van der Waals surface area contributed by atoms with E-state index in [1.54, 1.807) is 0 Å². The molecule has 0 aliphatic carbocycles. The summed E-state index contributed by atoms with van der Waals surface area (Å²) in [5.41, 5.74) is 0. The number of unbranched alkanes of at least 4 members (excludes halogenated alkanes) is 1. The van der Waals surface area contributed by atoms with E-state index in [1.165, 1.54) is 0 Å². The highest BCUT2D eigenvalue weighted by Gasteiger charge is 2.09. The Kier molecular flexibility index (Phi) is 9.59. The summed E-state index contributed by atoms with van der Waals surface area (Å²) in [5, 5.41) is 0. The summed E-state index contributed by atoms with van der Waals surface area (Å²) in [6, 6.07) is 0. The number of esters is 1. The zero-order valence-electron chi connectivity index (χ0n) is 10.4. The first-order valence-corrected chi connectivity index (χ1v) is 6.12. The summed E-state index contributed by atoms with van der Waals surface area (Å²) >= 11 is 0. The van der Waals surface area contributed by atoms with Gasteiger partial charge < -0.3 is 4.74 Å². The van der Waals surface area contributed by atoms with E-state index in [2.05, 4.69) is 25.7 Å². The standard InChI is InChI=1S/C12H25NO2/c1-4-7-10-15-12(14)11-13(8-5-2)9-6-3/h4-11H2,1-3H3. The van der Waals surface area contributed by atoms with Gasteiger partial charge in [-0.25, -0.2) is 0 Å². The van der Waals surface area contributed by atoms with Gasteiger partial charge in [0.25, 0.3) is 0 Å². The second-order valence-electron chi connectivity index (χ2n) is 3.85. The molecule has 0 spiro atoms. The maximum absolute atomic E-state index is 11.4. The molecule has 0 saturated heterocycles. The van der Waals surface area contributed by atoms with Gasteiger partial charge in [0.2, 0.25) is 0 Å². The van der Waals surface area contributed by atoms with E-state index in [1.807, 2.05) is 0 Å². The van der Waals surface area contributed by atoms with Crippen molar-refractivity contribution in [3.63, 3.8) is 0 Å². The van der Waals surface area contributed by atoms with Crippen LogP contribution in [0.25, 0.3) is 0 Å². The molecular formula is C12H25NO2. The van der Waals surface area contributed by atoms with Crippen molar-refractivity contribution >= 4 is 5.97 Å². The van der Waals surface area contributed by atoms with Gasteiger partial charge in [-0.2, -0.15) is 0 Å². The maximum Gasteiger partial charge on any atom is 0.320 e. The fourth-order valence-electron chi connectivity index (χ4n) is 1.46. The minimum absolute atomic E-state index is 0.0784. The molecule has 0 aromatic rings. The minimum atomic E-state index is -0.0784. The van der Waals surface area contributed by atoms with E-state index in [9.17, 15) is 4.79 Å². The summed E-state index contributed by atoms with van der Waals surface area (Å²) in [5.74, 6) is -0.0784. The Morgan fingerprint density at radius 3 is 2.13 bits per heavy atom. The monoisotopic (exact) mass is 215 g/mol. The van der Waals surface area contributed by atoms with E-state index < -0.39 is 0 Å². The lowest BCUT2D eigenvalue weighted by Gasteiger charge is -2.19. The van der Waals surface area contributed by atoms with Crippen LogP contribution in [0.1, 0.15) is 46.5 Å². The molecule has 3 heteroatoms. The second-order valence-corrected chi connectivity index (χ2v) is 3.85. The van der Waals surface area contributed by atoms with Gasteiger partial charge in [0, 0.05) is 0 Å². The normalized spacial score (nSPS) is 10.7.